The van der Waals surface area contributed by atoms with Crippen LogP contribution in [0.3, 0.4) is 0 Å². The number of amides is 4. The van der Waals surface area contributed by atoms with Crippen molar-refractivity contribution in [3.8, 4) is 5.75 Å². The largest absolute Gasteiger partial charge is 0.495 e. The monoisotopic (exact) mass is 741 g/mol. The number of ketones is 1. The van der Waals surface area contributed by atoms with Gasteiger partial charge in [-0.1, -0.05) is 76.6 Å². The van der Waals surface area contributed by atoms with Crippen molar-refractivity contribution >= 4 is 46.7 Å². The molecule has 2 heterocycles. The molecule has 0 radical (unpaired) electrons. The van der Waals surface area contributed by atoms with E-state index in [1.54, 1.807) is 13.2 Å². The number of aryl methyl sites for hydroxylation is 1. The summed E-state index contributed by atoms with van der Waals surface area (Å²) in [5.74, 6) is -1.77. The summed E-state index contributed by atoms with van der Waals surface area (Å²) in [6, 6.07) is 0.543. The molecule has 1 saturated heterocycles. The van der Waals surface area contributed by atoms with Gasteiger partial charge in [-0.2, -0.15) is 0 Å². The zero-order chi connectivity index (χ0) is 37.8. The van der Waals surface area contributed by atoms with Gasteiger partial charge in [-0.3, -0.25) is 24.0 Å². The minimum atomic E-state index is -1.05. The second kappa shape index (κ2) is 16.6. The maximum Gasteiger partial charge on any atom is 0.289 e. The second-order valence-electron chi connectivity index (χ2n) is 16.4. The molecule has 0 aromatic heterocycles. The van der Waals surface area contributed by atoms with Crippen LogP contribution in [0, 0.1) is 18.3 Å². The lowest BCUT2D eigenvalue weighted by Gasteiger charge is -2.36. The first-order valence-corrected chi connectivity index (χ1v) is 19.4. The fourth-order valence-corrected chi connectivity index (χ4v) is 7.97. The quantitative estimate of drug-likeness (QED) is 0.187. The van der Waals surface area contributed by atoms with Gasteiger partial charge in [0.25, 0.3) is 5.91 Å². The summed E-state index contributed by atoms with van der Waals surface area (Å²) in [5, 5.41) is 13.5. The van der Waals surface area contributed by atoms with Crippen molar-refractivity contribution in [1.29, 1.82) is 0 Å². The van der Waals surface area contributed by atoms with Gasteiger partial charge < -0.3 is 30.4 Å². The number of likely N-dealkylation sites (tertiary alicyclic amines) is 1. The van der Waals surface area contributed by atoms with Crippen LogP contribution in [0.25, 0.3) is 0 Å². The van der Waals surface area contributed by atoms with Gasteiger partial charge in [0.2, 0.25) is 23.5 Å². The molecular formula is C39H56ClN5O7. The van der Waals surface area contributed by atoms with E-state index in [9.17, 15) is 24.0 Å². The first-order valence-electron chi connectivity index (χ1n) is 19.0. The standard InChI is InChI=1S/C39H56ClN5O7/c1-7-12-28(33(47)36(49)41-25-15-16-25)42-35(48)30-21-39(20-29(44-52-39)26-19-27(40)31(51-6)17-23(26)2)22-45(30)37(50)34(38(3,4)5)43-32(46)18-24-13-10-8-9-11-14-24/h17,19,24-25,28,30,34H,7-16,18,20-22H2,1-6H3,(H,41,49)(H,42,48)(H,43,46)/t28-,30-,34+,39+/m0/s1. The predicted octanol–water partition coefficient (Wildman–Crippen LogP) is 5.15. The van der Waals surface area contributed by atoms with Gasteiger partial charge in [-0.25, -0.2) is 0 Å². The van der Waals surface area contributed by atoms with Gasteiger partial charge in [0.1, 0.15) is 17.8 Å². The van der Waals surface area contributed by atoms with E-state index in [0.717, 1.165) is 49.7 Å². The Morgan fingerprint density at radius 1 is 1.06 bits per heavy atom. The fourth-order valence-electron chi connectivity index (χ4n) is 7.73. The molecule has 1 spiro atoms. The van der Waals surface area contributed by atoms with Gasteiger partial charge in [-0.15, -0.1) is 0 Å². The molecule has 1 aromatic rings. The van der Waals surface area contributed by atoms with Gasteiger partial charge in [0, 0.05) is 30.9 Å². The minimum Gasteiger partial charge on any atom is -0.495 e. The first kappa shape index (κ1) is 39.5. The number of benzene rings is 1. The van der Waals surface area contributed by atoms with Crippen molar-refractivity contribution in [1.82, 2.24) is 20.9 Å². The Morgan fingerprint density at radius 2 is 1.75 bits per heavy atom. The van der Waals surface area contributed by atoms with E-state index < -0.39 is 52.6 Å². The van der Waals surface area contributed by atoms with Crippen LogP contribution in [0.5, 0.6) is 5.75 Å². The van der Waals surface area contributed by atoms with E-state index >= 15 is 0 Å². The lowest BCUT2D eigenvalue weighted by molar-refractivity contribution is -0.145. The fraction of sp³-hybridized carbons (Fsp3) is 0.692. The summed E-state index contributed by atoms with van der Waals surface area (Å²) < 4.78 is 5.37. The number of halogens is 1. The van der Waals surface area contributed by atoms with Gasteiger partial charge in [-0.05, 0) is 68.1 Å². The van der Waals surface area contributed by atoms with E-state index in [-0.39, 0.29) is 37.3 Å². The first-order chi connectivity index (χ1) is 24.6. The summed E-state index contributed by atoms with van der Waals surface area (Å²) >= 11 is 6.48. The van der Waals surface area contributed by atoms with E-state index in [4.69, 9.17) is 21.2 Å². The van der Waals surface area contributed by atoms with Gasteiger partial charge >= 0.3 is 0 Å². The van der Waals surface area contributed by atoms with Gasteiger partial charge in [0.05, 0.1) is 30.4 Å². The Balaban J connectivity index is 1.40. The molecular weight excluding hydrogens is 686 g/mol. The Bertz CT molecular complexity index is 1560. The summed E-state index contributed by atoms with van der Waals surface area (Å²) in [6.07, 6.45) is 9.73. The highest BCUT2D eigenvalue weighted by molar-refractivity contribution is 6.38. The van der Waals surface area contributed by atoms with E-state index in [1.807, 2.05) is 40.7 Å². The molecule has 5 rings (SSSR count). The molecule has 52 heavy (non-hydrogen) atoms. The molecule has 4 atom stereocenters. The molecule has 2 saturated carbocycles. The summed E-state index contributed by atoms with van der Waals surface area (Å²) in [4.78, 5) is 76.1. The SMILES string of the molecule is CCC[C@H](NC(=O)[C@@H]1C[C@]2(CC(c3cc(Cl)c(OC)cc3C)=NO2)CN1C(=O)[C@@H](NC(=O)CC1CCCCCC1)C(C)(C)C)C(=O)C(=O)NC1CC1. The molecule has 286 valence electrons. The van der Waals surface area contributed by atoms with Crippen LogP contribution in [0.2, 0.25) is 5.02 Å². The molecule has 2 aliphatic heterocycles. The Kier molecular flexibility index (Phi) is 12.6. The number of Topliss-reactive ketones (excluding diaryl/α,β-unsaturated/α-hetero) is 1. The normalized spacial score (nSPS) is 23.2. The number of ether oxygens (including phenoxy) is 1. The topological polar surface area (TPSA) is 156 Å². The van der Waals surface area contributed by atoms with E-state index in [0.29, 0.717) is 35.7 Å². The predicted molar refractivity (Wildman–Crippen MR) is 198 cm³/mol. The van der Waals surface area contributed by atoms with E-state index in [1.165, 1.54) is 17.7 Å². The molecule has 4 aliphatic rings. The van der Waals surface area contributed by atoms with Crippen LogP contribution in [0.15, 0.2) is 17.3 Å². The molecule has 3 N–H and O–H groups in total. The number of nitrogens with zero attached hydrogens (tertiary/aromatic N) is 2. The van der Waals surface area contributed by atoms with Crippen LogP contribution in [0.1, 0.15) is 122 Å². The van der Waals surface area contributed by atoms with Crippen molar-refractivity contribution in [2.24, 2.45) is 16.5 Å². The molecule has 3 fully saturated rings. The second-order valence-corrected chi connectivity index (χ2v) is 16.8. The molecule has 13 heteroatoms. The third-order valence-corrected chi connectivity index (χ3v) is 11.1. The van der Waals surface area contributed by atoms with Crippen LogP contribution >= 0.6 is 11.6 Å². The number of oxime groups is 1. The average molecular weight is 742 g/mol. The molecule has 2 aliphatic carbocycles. The van der Waals surface area contributed by atoms with Crippen molar-refractivity contribution < 1.29 is 33.5 Å². The highest BCUT2D eigenvalue weighted by Gasteiger charge is 2.56. The van der Waals surface area contributed by atoms with Crippen molar-refractivity contribution in [2.45, 2.75) is 148 Å². The maximum atomic E-state index is 14.7. The number of carbonyl (C=O) groups is 5. The number of hydrogen-bond acceptors (Lipinski definition) is 8. The van der Waals surface area contributed by atoms with Crippen LogP contribution in [-0.2, 0) is 28.8 Å². The van der Waals surface area contributed by atoms with Crippen molar-refractivity contribution in [2.75, 3.05) is 13.7 Å². The zero-order valence-electron chi connectivity index (χ0n) is 31.6. The molecule has 0 bridgehead atoms. The van der Waals surface area contributed by atoms with Crippen LogP contribution in [-0.4, -0.2) is 83.4 Å². The average Bonchev–Trinajstić information content (AvgIpc) is 3.78. The summed E-state index contributed by atoms with van der Waals surface area (Å²) in [6.45, 7) is 9.48. The molecule has 1 aromatic carbocycles. The van der Waals surface area contributed by atoms with Crippen molar-refractivity contribution in [3.05, 3.63) is 28.3 Å². The number of rotatable bonds is 13. The lowest BCUT2D eigenvalue weighted by Crippen LogP contribution is -2.59. The summed E-state index contributed by atoms with van der Waals surface area (Å²) in [7, 11) is 1.55. The van der Waals surface area contributed by atoms with Crippen LogP contribution in [0.4, 0.5) is 0 Å². The Labute approximate surface area is 312 Å². The number of nitrogens with one attached hydrogen (secondary N) is 3. The Hall–Kier alpha value is -3.67. The summed E-state index contributed by atoms with van der Waals surface area (Å²) in [5.41, 5.74) is 0.517. The third kappa shape index (κ3) is 9.46. The van der Waals surface area contributed by atoms with Crippen LogP contribution < -0.4 is 20.7 Å². The molecule has 0 unspecified atom stereocenters. The number of hydrogen-bond donors (Lipinski definition) is 3. The highest BCUT2D eigenvalue weighted by atomic mass is 35.5. The lowest BCUT2D eigenvalue weighted by atomic mass is 9.85. The van der Waals surface area contributed by atoms with Gasteiger partial charge in [0.15, 0.2) is 5.60 Å². The number of carbonyl (C=O) groups excluding carboxylic acids is 5. The minimum absolute atomic E-state index is 0.0118. The smallest absolute Gasteiger partial charge is 0.289 e. The third-order valence-electron chi connectivity index (χ3n) is 10.8. The highest BCUT2D eigenvalue weighted by Crippen LogP contribution is 2.41. The molecule has 4 amide bonds. The zero-order valence-corrected chi connectivity index (χ0v) is 32.3. The van der Waals surface area contributed by atoms with Crippen molar-refractivity contribution in [3.63, 3.8) is 0 Å². The Morgan fingerprint density at radius 3 is 2.37 bits per heavy atom. The van der Waals surface area contributed by atoms with E-state index in [2.05, 4.69) is 21.1 Å². The maximum absolute atomic E-state index is 14.7. The number of methoxy groups -OCH3 is 1. The molecule has 12 nitrogen and oxygen atoms in total.